The number of nitrogens with zero attached hydrogens (tertiary/aromatic N) is 6. The van der Waals surface area contributed by atoms with Crippen LogP contribution in [0.1, 0.15) is 17.0 Å². The number of carbonyl (C=O) groups excluding carboxylic acids is 1. The zero-order valence-corrected chi connectivity index (χ0v) is 18.8. The normalized spacial score (nSPS) is 15.7. The number of amides is 2. The van der Waals surface area contributed by atoms with Gasteiger partial charge in [-0.3, -0.25) is 4.90 Å². The molecule has 0 atom stereocenters. The molecule has 0 saturated carbocycles. The van der Waals surface area contributed by atoms with Crippen LogP contribution in [-0.2, 0) is 6.18 Å². The molecule has 2 amide bonds. The van der Waals surface area contributed by atoms with Crippen LogP contribution < -0.4 is 9.80 Å². The molecule has 2 aromatic heterocycles. The van der Waals surface area contributed by atoms with Crippen molar-refractivity contribution in [3.63, 3.8) is 0 Å². The molecule has 3 aromatic rings. The van der Waals surface area contributed by atoms with Crippen LogP contribution in [0, 0.1) is 11.3 Å². The van der Waals surface area contributed by atoms with Gasteiger partial charge in [0.15, 0.2) is 0 Å². The number of halogens is 3. The lowest BCUT2D eigenvalue weighted by molar-refractivity contribution is -0.137. The summed E-state index contributed by atoms with van der Waals surface area (Å²) in [4.78, 5) is 27.0. The molecule has 7 nitrogen and oxygen atoms in total. The minimum Gasteiger partial charge on any atom is -0.369 e. The fraction of sp³-hybridized carbons (Fsp3) is 0.200. The molecule has 0 radical (unpaired) electrons. The van der Waals surface area contributed by atoms with Gasteiger partial charge in [-0.25, -0.2) is 14.8 Å². The summed E-state index contributed by atoms with van der Waals surface area (Å²) in [7, 11) is 3.52. The second-order valence-corrected chi connectivity index (χ2v) is 8.44. The fourth-order valence-electron chi connectivity index (χ4n) is 4.39. The zero-order chi connectivity index (χ0) is 24.9. The molecule has 0 bridgehead atoms. The first-order valence-electron chi connectivity index (χ1n) is 10.7. The molecular weight excluding hydrogens is 457 g/mol. The van der Waals surface area contributed by atoms with Crippen molar-refractivity contribution < 1.29 is 18.0 Å². The Kier molecular flexibility index (Phi) is 5.20. The Morgan fingerprint density at radius 2 is 1.80 bits per heavy atom. The van der Waals surface area contributed by atoms with Gasteiger partial charge >= 0.3 is 12.2 Å². The van der Waals surface area contributed by atoms with Crippen LogP contribution in [0.15, 0.2) is 60.3 Å². The molecule has 35 heavy (non-hydrogen) atoms. The van der Waals surface area contributed by atoms with Crippen molar-refractivity contribution >= 4 is 23.1 Å². The maximum Gasteiger partial charge on any atom is 0.416 e. The van der Waals surface area contributed by atoms with Crippen molar-refractivity contribution in [1.29, 1.82) is 5.26 Å². The number of anilines is 2. The van der Waals surface area contributed by atoms with E-state index >= 15 is 0 Å². The second-order valence-electron chi connectivity index (χ2n) is 8.44. The summed E-state index contributed by atoms with van der Waals surface area (Å²) < 4.78 is 40.4. The second kappa shape index (κ2) is 8.13. The van der Waals surface area contributed by atoms with Gasteiger partial charge in [0.05, 0.1) is 28.3 Å². The number of alkyl halides is 3. The van der Waals surface area contributed by atoms with Gasteiger partial charge in [-0.1, -0.05) is 6.07 Å². The van der Waals surface area contributed by atoms with Crippen molar-refractivity contribution in [3.05, 3.63) is 77.3 Å². The maximum atomic E-state index is 13.5. The number of hydrogen-bond donors (Lipinski definition) is 0. The molecule has 176 valence electrons. The first kappa shape index (κ1) is 22.4. The topological polar surface area (TPSA) is 76.4 Å². The van der Waals surface area contributed by atoms with E-state index in [4.69, 9.17) is 10.2 Å². The number of nitriles is 1. The largest absolute Gasteiger partial charge is 0.416 e. The molecule has 2 aliphatic rings. The summed E-state index contributed by atoms with van der Waals surface area (Å²) in [6, 6.07) is 13.3. The summed E-state index contributed by atoms with van der Waals surface area (Å²) >= 11 is 0. The SMILES string of the molecule is CN1CC2=C(c3nc(-c4ccc(C#N)nc4)ccc3N(C)C2)N(c2cccc(C(F)(F)F)c2)C1=O. The summed E-state index contributed by atoms with van der Waals surface area (Å²) in [6.45, 7) is 0.826. The third-order valence-corrected chi connectivity index (χ3v) is 6.05. The van der Waals surface area contributed by atoms with Gasteiger partial charge in [0, 0.05) is 38.9 Å². The quantitative estimate of drug-likeness (QED) is 0.533. The Balaban J connectivity index is 1.69. The Labute approximate surface area is 199 Å². The summed E-state index contributed by atoms with van der Waals surface area (Å²) in [6.07, 6.45) is -3.00. The van der Waals surface area contributed by atoms with E-state index in [0.717, 1.165) is 23.4 Å². The van der Waals surface area contributed by atoms with Crippen LogP contribution in [0.5, 0.6) is 0 Å². The molecular formula is C25H19F3N6O. The predicted molar refractivity (Wildman–Crippen MR) is 124 cm³/mol. The van der Waals surface area contributed by atoms with Crippen molar-refractivity contribution in [2.75, 3.05) is 37.0 Å². The molecule has 0 saturated heterocycles. The van der Waals surface area contributed by atoms with E-state index in [2.05, 4.69) is 4.98 Å². The number of carbonyl (C=O) groups is 1. The third kappa shape index (κ3) is 3.85. The highest BCUT2D eigenvalue weighted by Gasteiger charge is 2.39. The highest BCUT2D eigenvalue weighted by molar-refractivity contribution is 6.09. The van der Waals surface area contributed by atoms with Gasteiger partial charge in [0.25, 0.3) is 0 Å². The standard InChI is InChI=1S/C25H19F3N6O/c1-32-13-16-14-33(2)24(35)34(19-5-3-4-17(10-19)25(26,27)28)23(16)22-21(32)9-8-20(31-22)15-6-7-18(11-29)30-12-15/h3-10,12H,13-14H2,1-2H3. The van der Waals surface area contributed by atoms with Gasteiger partial charge in [-0.2, -0.15) is 18.4 Å². The monoisotopic (exact) mass is 476 g/mol. The van der Waals surface area contributed by atoms with E-state index < -0.39 is 17.8 Å². The maximum absolute atomic E-state index is 13.5. The van der Waals surface area contributed by atoms with E-state index in [9.17, 15) is 18.0 Å². The lowest BCUT2D eigenvalue weighted by Gasteiger charge is -2.42. The van der Waals surface area contributed by atoms with Gasteiger partial charge in [0.2, 0.25) is 0 Å². The van der Waals surface area contributed by atoms with Crippen LogP contribution in [0.4, 0.5) is 29.3 Å². The number of hydrogen-bond acceptors (Lipinski definition) is 5. The first-order chi connectivity index (χ1) is 16.7. The molecule has 0 unspecified atom stereocenters. The van der Waals surface area contributed by atoms with Crippen LogP contribution in [0.25, 0.3) is 17.0 Å². The van der Waals surface area contributed by atoms with Crippen LogP contribution in [-0.4, -0.2) is 48.1 Å². The van der Waals surface area contributed by atoms with Crippen LogP contribution >= 0.6 is 0 Å². The van der Waals surface area contributed by atoms with E-state index in [1.165, 1.54) is 21.9 Å². The van der Waals surface area contributed by atoms with Gasteiger partial charge in [-0.05, 0) is 48.0 Å². The van der Waals surface area contributed by atoms with Crippen molar-refractivity contribution in [2.45, 2.75) is 6.18 Å². The van der Waals surface area contributed by atoms with E-state index in [1.54, 1.807) is 25.4 Å². The lowest BCUT2D eigenvalue weighted by atomic mass is 9.98. The van der Waals surface area contributed by atoms with Gasteiger partial charge in [0.1, 0.15) is 17.5 Å². The number of aromatic nitrogens is 2. The van der Waals surface area contributed by atoms with E-state index in [0.29, 0.717) is 35.7 Å². The third-order valence-electron chi connectivity index (χ3n) is 6.05. The Morgan fingerprint density at radius 1 is 1.03 bits per heavy atom. The summed E-state index contributed by atoms with van der Waals surface area (Å²) in [5.41, 5.74) is 3.39. The number of urea groups is 1. The molecule has 2 aliphatic heterocycles. The van der Waals surface area contributed by atoms with Crippen LogP contribution in [0.2, 0.25) is 0 Å². The fourth-order valence-corrected chi connectivity index (χ4v) is 4.39. The van der Waals surface area contributed by atoms with Crippen LogP contribution in [0.3, 0.4) is 0 Å². The molecule has 1 aromatic carbocycles. The van der Waals surface area contributed by atoms with Crippen molar-refractivity contribution in [1.82, 2.24) is 14.9 Å². The Morgan fingerprint density at radius 3 is 2.49 bits per heavy atom. The predicted octanol–water partition coefficient (Wildman–Crippen LogP) is 4.77. The molecule has 0 N–H and O–H groups in total. The minimum atomic E-state index is -4.54. The highest BCUT2D eigenvalue weighted by atomic mass is 19.4. The minimum absolute atomic E-state index is 0.117. The number of fused-ring (bicyclic) bond motifs is 2. The average molecular weight is 476 g/mol. The molecule has 10 heteroatoms. The number of benzene rings is 1. The smallest absolute Gasteiger partial charge is 0.369 e. The summed E-state index contributed by atoms with van der Waals surface area (Å²) in [5.74, 6) is 0. The van der Waals surface area contributed by atoms with Gasteiger partial charge < -0.3 is 9.80 Å². The summed E-state index contributed by atoms with van der Waals surface area (Å²) in [5, 5.41) is 9.02. The molecule has 5 rings (SSSR count). The van der Waals surface area contributed by atoms with Crippen molar-refractivity contribution in [2.24, 2.45) is 0 Å². The Hall–Kier alpha value is -4.39. The highest BCUT2D eigenvalue weighted by Crippen LogP contribution is 2.42. The molecule has 0 aliphatic carbocycles. The van der Waals surface area contributed by atoms with Gasteiger partial charge in [-0.15, -0.1) is 0 Å². The molecule has 0 spiro atoms. The van der Waals surface area contributed by atoms with E-state index in [-0.39, 0.29) is 11.4 Å². The molecule has 4 heterocycles. The first-order valence-corrected chi connectivity index (χ1v) is 10.7. The number of pyridine rings is 2. The lowest BCUT2D eigenvalue weighted by Crippen LogP contribution is -2.49. The number of rotatable bonds is 2. The van der Waals surface area contributed by atoms with Crippen molar-refractivity contribution in [3.8, 4) is 17.3 Å². The zero-order valence-electron chi connectivity index (χ0n) is 18.8. The van der Waals surface area contributed by atoms with E-state index in [1.807, 2.05) is 30.1 Å². The Bertz CT molecular complexity index is 1410. The average Bonchev–Trinajstić information content (AvgIpc) is 2.85. The number of likely N-dealkylation sites (N-methyl/N-ethyl adjacent to an activating group) is 2. The molecule has 0 fully saturated rings.